The largest absolute Gasteiger partial charge is 0.0656 e. The first-order valence-electron chi connectivity index (χ1n) is 7.26. The van der Waals surface area contributed by atoms with Crippen molar-refractivity contribution in [1.29, 1.82) is 0 Å². The van der Waals surface area contributed by atoms with E-state index in [1.54, 1.807) is 0 Å². The fraction of sp³-hybridized carbons (Fsp3) is 1.00. The monoisotopic (exact) mass is 214 g/mol. The van der Waals surface area contributed by atoms with E-state index in [1.165, 1.54) is 57.8 Å². The summed E-state index contributed by atoms with van der Waals surface area (Å²) in [5, 5.41) is 0. The molecule has 0 heterocycles. The predicted molar refractivity (Wildman–Crippen MR) is 73.4 cm³/mol. The minimum Gasteiger partial charge on any atom is -0.0656 e. The highest BCUT2D eigenvalue weighted by Gasteiger charge is 2.03. The third kappa shape index (κ3) is 16.7. The number of unbranched alkanes of at least 4 members (excludes halogenated alkanes) is 3. The van der Waals surface area contributed by atoms with Crippen LogP contribution >= 0.6 is 0 Å². The normalized spacial score (nSPS) is 11.8. The van der Waals surface area contributed by atoms with E-state index in [2.05, 4.69) is 34.6 Å². The third-order valence-electron chi connectivity index (χ3n) is 2.74. The lowest BCUT2D eigenvalue weighted by atomic mass is 9.94. The van der Waals surface area contributed by atoms with E-state index >= 15 is 0 Å². The molecule has 1 unspecified atom stereocenters. The van der Waals surface area contributed by atoms with Crippen LogP contribution in [0.1, 0.15) is 92.4 Å². The summed E-state index contributed by atoms with van der Waals surface area (Å²) in [6.07, 6.45) is 12.6. The highest BCUT2D eigenvalue weighted by molar-refractivity contribution is 4.56. The van der Waals surface area contributed by atoms with Gasteiger partial charge in [0.25, 0.3) is 0 Å². The minimum atomic E-state index is 1.02. The van der Waals surface area contributed by atoms with Crippen LogP contribution in [0.2, 0.25) is 0 Å². The standard InChI is InChI=1S/C12H26.C3H8/c1-4-7-8-9-11-12(6-3)10-5-2;1-3-2/h12H,4-11H2,1-3H3;3H2,1-2H3. The van der Waals surface area contributed by atoms with Crippen LogP contribution in [0.5, 0.6) is 0 Å². The molecule has 15 heavy (non-hydrogen) atoms. The smallest absolute Gasteiger partial charge is 0.0417 e. The Labute approximate surface area is 98.9 Å². The van der Waals surface area contributed by atoms with Gasteiger partial charge in [0.15, 0.2) is 0 Å². The van der Waals surface area contributed by atoms with Crippen LogP contribution < -0.4 is 0 Å². The van der Waals surface area contributed by atoms with E-state index in [-0.39, 0.29) is 0 Å². The molecule has 0 aliphatic heterocycles. The van der Waals surface area contributed by atoms with E-state index in [0.29, 0.717) is 0 Å². The molecule has 1 atom stereocenters. The van der Waals surface area contributed by atoms with Gasteiger partial charge >= 0.3 is 0 Å². The first-order chi connectivity index (χ1) is 7.26. The van der Waals surface area contributed by atoms with Crippen LogP contribution in [0.25, 0.3) is 0 Å². The fourth-order valence-corrected chi connectivity index (χ4v) is 1.82. The molecular weight excluding hydrogens is 180 g/mol. The molecular formula is C15H34. The number of hydrogen-bond donors (Lipinski definition) is 0. The molecule has 0 saturated carbocycles. The zero-order valence-electron chi connectivity index (χ0n) is 11.9. The van der Waals surface area contributed by atoms with Gasteiger partial charge < -0.3 is 0 Å². The Hall–Kier alpha value is 0. The van der Waals surface area contributed by atoms with Crippen LogP contribution in [0.4, 0.5) is 0 Å². The van der Waals surface area contributed by atoms with Crippen molar-refractivity contribution in [2.45, 2.75) is 92.4 Å². The molecule has 0 spiro atoms. The lowest BCUT2D eigenvalue weighted by Crippen LogP contribution is -1.97. The Kier molecular flexibility index (Phi) is 19.1. The second kappa shape index (κ2) is 16.4. The summed E-state index contributed by atoms with van der Waals surface area (Å²) < 4.78 is 0. The van der Waals surface area contributed by atoms with E-state index in [0.717, 1.165) is 5.92 Å². The molecule has 0 rings (SSSR count). The Morgan fingerprint density at radius 2 is 1.27 bits per heavy atom. The average molecular weight is 214 g/mol. The molecule has 0 saturated heterocycles. The van der Waals surface area contributed by atoms with Gasteiger partial charge in [0, 0.05) is 0 Å². The highest BCUT2D eigenvalue weighted by atomic mass is 14.1. The Morgan fingerprint density at radius 3 is 1.67 bits per heavy atom. The Bertz CT molecular complexity index is 86.0. The number of hydrogen-bond acceptors (Lipinski definition) is 0. The molecule has 0 nitrogen and oxygen atoms in total. The van der Waals surface area contributed by atoms with Crippen molar-refractivity contribution >= 4 is 0 Å². The van der Waals surface area contributed by atoms with Crippen molar-refractivity contribution in [3.8, 4) is 0 Å². The van der Waals surface area contributed by atoms with Crippen LogP contribution in [0, 0.1) is 5.92 Å². The van der Waals surface area contributed by atoms with E-state index in [4.69, 9.17) is 0 Å². The topological polar surface area (TPSA) is 0 Å². The zero-order valence-corrected chi connectivity index (χ0v) is 11.9. The average Bonchev–Trinajstić information content (AvgIpc) is 2.24. The summed E-state index contributed by atoms with van der Waals surface area (Å²) in [4.78, 5) is 0. The lowest BCUT2D eigenvalue weighted by molar-refractivity contribution is 0.410. The third-order valence-corrected chi connectivity index (χ3v) is 2.74. The SMILES string of the molecule is CCC.CCCCCCC(CC)CCC. The molecule has 94 valence electrons. The number of rotatable bonds is 8. The van der Waals surface area contributed by atoms with Crippen molar-refractivity contribution in [2.24, 2.45) is 5.92 Å². The summed E-state index contributed by atoms with van der Waals surface area (Å²) in [5.74, 6) is 1.02. The fourth-order valence-electron chi connectivity index (χ4n) is 1.82. The summed E-state index contributed by atoms with van der Waals surface area (Å²) >= 11 is 0. The van der Waals surface area contributed by atoms with Crippen molar-refractivity contribution in [3.05, 3.63) is 0 Å². The van der Waals surface area contributed by atoms with Gasteiger partial charge in [-0.25, -0.2) is 0 Å². The molecule has 0 aliphatic carbocycles. The van der Waals surface area contributed by atoms with Crippen molar-refractivity contribution < 1.29 is 0 Å². The zero-order chi connectivity index (χ0) is 11.9. The molecule has 0 bridgehead atoms. The molecule has 0 amide bonds. The first kappa shape index (κ1) is 17.4. The van der Waals surface area contributed by atoms with Gasteiger partial charge in [0.1, 0.15) is 0 Å². The summed E-state index contributed by atoms with van der Waals surface area (Å²) in [7, 11) is 0. The first-order valence-corrected chi connectivity index (χ1v) is 7.26. The van der Waals surface area contributed by atoms with E-state index < -0.39 is 0 Å². The van der Waals surface area contributed by atoms with Gasteiger partial charge in [-0.3, -0.25) is 0 Å². The van der Waals surface area contributed by atoms with Crippen LogP contribution in [0.15, 0.2) is 0 Å². The molecule has 0 N–H and O–H groups in total. The van der Waals surface area contributed by atoms with Crippen LogP contribution in [0.3, 0.4) is 0 Å². The van der Waals surface area contributed by atoms with Crippen molar-refractivity contribution in [3.63, 3.8) is 0 Å². The maximum absolute atomic E-state index is 2.33. The Balaban J connectivity index is 0. The van der Waals surface area contributed by atoms with Gasteiger partial charge in [-0.15, -0.1) is 0 Å². The molecule has 0 aromatic rings. The second-order valence-corrected chi connectivity index (χ2v) is 4.62. The molecule has 0 aliphatic rings. The maximum Gasteiger partial charge on any atom is -0.0417 e. The highest BCUT2D eigenvalue weighted by Crippen LogP contribution is 2.18. The van der Waals surface area contributed by atoms with Gasteiger partial charge in [0.05, 0.1) is 0 Å². The van der Waals surface area contributed by atoms with Crippen LogP contribution in [-0.2, 0) is 0 Å². The second-order valence-electron chi connectivity index (χ2n) is 4.62. The van der Waals surface area contributed by atoms with Crippen molar-refractivity contribution in [1.82, 2.24) is 0 Å². The van der Waals surface area contributed by atoms with Gasteiger partial charge in [-0.1, -0.05) is 92.4 Å². The molecule has 0 aromatic heterocycles. The predicted octanol–water partition coefficient (Wildman–Crippen LogP) is 6.20. The van der Waals surface area contributed by atoms with Gasteiger partial charge in [-0.2, -0.15) is 0 Å². The molecule has 0 aromatic carbocycles. The van der Waals surface area contributed by atoms with Gasteiger partial charge in [0.2, 0.25) is 0 Å². The Morgan fingerprint density at radius 1 is 0.667 bits per heavy atom. The quantitative estimate of drug-likeness (QED) is 0.422. The van der Waals surface area contributed by atoms with E-state index in [1.807, 2.05) is 0 Å². The van der Waals surface area contributed by atoms with Crippen molar-refractivity contribution in [2.75, 3.05) is 0 Å². The molecule has 0 fully saturated rings. The van der Waals surface area contributed by atoms with E-state index in [9.17, 15) is 0 Å². The maximum atomic E-state index is 2.33. The summed E-state index contributed by atoms with van der Waals surface area (Å²) in [6, 6.07) is 0. The molecule has 0 radical (unpaired) electrons. The minimum absolute atomic E-state index is 1.02. The summed E-state index contributed by atoms with van der Waals surface area (Å²) in [5.41, 5.74) is 0. The lowest BCUT2D eigenvalue weighted by Gasteiger charge is -2.12. The van der Waals surface area contributed by atoms with Gasteiger partial charge in [-0.05, 0) is 5.92 Å². The summed E-state index contributed by atoms with van der Waals surface area (Å²) in [6.45, 7) is 11.2. The molecule has 0 heteroatoms. The van der Waals surface area contributed by atoms with Crippen LogP contribution in [-0.4, -0.2) is 0 Å².